The lowest BCUT2D eigenvalue weighted by atomic mass is 10.0. The van der Waals surface area contributed by atoms with E-state index in [-0.39, 0.29) is 24.3 Å². The van der Waals surface area contributed by atoms with Crippen molar-refractivity contribution in [2.45, 2.75) is 31.5 Å². The first kappa shape index (κ1) is 14.4. The van der Waals surface area contributed by atoms with E-state index in [1.54, 1.807) is 0 Å². The second kappa shape index (κ2) is 7.68. The van der Waals surface area contributed by atoms with Crippen LogP contribution in [0.25, 0.3) is 0 Å². The molecule has 0 aliphatic rings. The molecule has 1 amide bonds. The summed E-state index contributed by atoms with van der Waals surface area (Å²) in [4.78, 5) is 22.1. The fourth-order valence-corrected chi connectivity index (χ4v) is 1.55. The summed E-state index contributed by atoms with van der Waals surface area (Å²) in [7, 11) is 1.32. The number of esters is 1. The molecule has 0 fully saturated rings. The van der Waals surface area contributed by atoms with Gasteiger partial charge in [-0.15, -0.1) is 0 Å². The maximum absolute atomic E-state index is 11.5. The van der Waals surface area contributed by atoms with Crippen molar-refractivity contribution in [1.82, 2.24) is 5.32 Å². The van der Waals surface area contributed by atoms with E-state index in [4.69, 9.17) is 0 Å². The molecule has 0 aromatic heterocycles. The Kier molecular flexibility index (Phi) is 7.38. The van der Waals surface area contributed by atoms with Gasteiger partial charge in [0.2, 0.25) is 5.91 Å². The Bertz CT molecular complexity index is 217. The smallest absolute Gasteiger partial charge is 0.321 e. The average molecular weight is 280 g/mol. The van der Waals surface area contributed by atoms with Gasteiger partial charge < -0.3 is 10.1 Å². The standard InChI is InChI=1S/C10H18BrNO3/c1-4-7(5-2)9(13)12-6-8(11)10(14)15-3/h7-8H,4-6H2,1-3H3,(H,12,13). The van der Waals surface area contributed by atoms with Crippen LogP contribution in [0.15, 0.2) is 0 Å². The van der Waals surface area contributed by atoms with Crippen molar-refractivity contribution in [3.63, 3.8) is 0 Å². The van der Waals surface area contributed by atoms with Crippen LogP contribution in [0.2, 0.25) is 0 Å². The summed E-state index contributed by atoms with van der Waals surface area (Å²) in [6.07, 6.45) is 1.63. The number of carbonyl (C=O) groups excluding carboxylic acids is 2. The summed E-state index contributed by atoms with van der Waals surface area (Å²) < 4.78 is 4.52. The minimum absolute atomic E-state index is 0.00615. The van der Waals surface area contributed by atoms with Crippen LogP contribution in [0.4, 0.5) is 0 Å². The van der Waals surface area contributed by atoms with E-state index in [1.165, 1.54) is 7.11 Å². The van der Waals surface area contributed by atoms with E-state index in [0.717, 1.165) is 12.8 Å². The van der Waals surface area contributed by atoms with Crippen LogP contribution < -0.4 is 5.32 Å². The molecular formula is C10H18BrNO3. The molecule has 0 aromatic carbocycles. The molecule has 0 heterocycles. The Morgan fingerprint density at radius 1 is 1.33 bits per heavy atom. The predicted octanol–water partition coefficient (Wildman–Crippen LogP) is 1.48. The van der Waals surface area contributed by atoms with Gasteiger partial charge in [0, 0.05) is 12.5 Å². The van der Waals surface area contributed by atoms with E-state index in [1.807, 2.05) is 13.8 Å². The molecule has 0 saturated carbocycles. The molecule has 1 unspecified atom stereocenters. The fourth-order valence-electron chi connectivity index (χ4n) is 1.21. The second-order valence-corrected chi connectivity index (χ2v) is 4.35. The summed E-state index contributed by atoms with van der Waals surface area (Å²) >= 11 is 3.14. The van der Waals surface area contributed by atoms with E-state index in [0.29, 0.717) is 0 Å². The van der Waals surface area contributed by atoms with Crippen molar-refractivity contribution in [1.29, 1.82) is 0 Å². The highest BCUT2D eigenvalue weighted by Crippen LogP contribution is 2.07. The van der Waals surface area contributed by atoms with Crippen LogP contribution in [0.5, 0.6) is 0 Å². The number of hydrogen-bond acceptors (Lipinski definition) is 3. The van der Waals surface area contributed by atoms with E-state index >= 15 is 0 Å². The molecule has 5 heteroatoms. The maximum atomic E-state index is 11.5. The maximum Gasteiger partial charge on any atom is 0.321 e. The topological polar surface area (TPSA) is 55.4 Å². The molecule has 0 aliphatic carbocycles. The van der Waals surface area contributed by atoms with Gasteiger partial charge in [0.25, 0.3) is 0 Å². The first-order valence-corrected chi connectivity index (χ1v) is 5.97. The van der Waals surface area contributed by atoms with Gasteiger partial charge in [0.1, 0.15) is 4.83 Å². The van der Waals surface area contributed by atoms with E-state index in [9.17, 15) is 9.59 Å². The summed E-state index contributed by atoms with van der Waals surface area (Å²) in [5, 5.41) is 2.71. The lowest BCUT2D eigenvalue weighted by Gasteiger charge is -2.14. The van der Waals surface area contributed by atoms with Gasteiger partial charge in [0.05, 0.1) is 7.11 Å². The third kappa shape index (κ3) is 5.16. The van der Waals surface area contributed by atoms with E-state index in [2.05, 4.69) is 26.0 Å². The first-order valence-electron chi connectivity index (χ1n) is 5.06. The van der Waals surface area contributed by atoms with Crippen molar-refractivity contribution in [2.24, 2.45) is 5.92 Å². The zero-order valence-electron chi connectivity index (χ0n) is 9.38. The molecule has 0 bridgehead atoms. The molecule has 4 nitrogen and oxygen atoms in total. The largest absolute Gasteiger partial charge is 0.468 e. The van der Waals surface area contributed by atoms with Gasteiger partial charge in [-0.2, -0.15) is 0 Å². The zero-order chi connectivity index (χ0) is 11.8. The minimum atomic E-state index is -0.471. The van der Waals surface area contributed by atoms with Crippen LogP contribution in [0, 0.1) is 5.92 Å². The van der Waals surface area contributed by atoms with Crippen molar-refractivity contribution in [3.8, 4) is 0 Å². The molecule has 0 rings (SSSR count). The number of ether oxygens (including phenoxy) is 1. The molecule has 0 spiro atoms. The molecule has 15 heavy (non-hydrogen) atoms. The monoisotopic (exact) mass is 279 g/mol. The molecule has 1 atom stereocenters. The first-order chi connectivity index (χ1) is 7.06. The predicted molar refractivity (Wildman–Crippen MR) is 61.8 cm³/mol. The number of methoxy groups -OCH3 is 1. The summed E-state index contributed by atoms with van der Waals surface area (Å²) in [5.74, 6) is -0.351. The molecule has 1 N–H and O–H groups in total. The third-order valence-corrected chi connectivity index (χ3v) is 2.97. The fraction of sp³-hybridized carbons (Fsp3) is 0.800. The van der Waals surface area contributed by atoms with Crippen LogP contribution in [-0.2, 0) is 14.3 Å². The Morgan fingerprint density at radius 2 is 1.87 bits per heavy atom. The Balaban J connectivity index is 3.94. The number of carbonyl (C=O) groups is 2. The molecule has 0 aliphatic heterocycles. The lowest BCUT2D eigenvalue weighted by molar-refractivity contribution is -0.139. The van der Waals surface area contributed by atoms with Crippen molar-refractivity contribution in [3.05, 3.63) is 0 Å². The van der Waals surface area contributed by atoms with Gasteiger partial charge in [-0.1, -0.05) is 29.8 Å². The highest BCUT2D eigenvalue weighted by atomic mass is 79.9. The number of nitrogens with one attached hydrogen (secondary N) is 1. The highest BCUT2D eigenvalue weighted by molar-refractivity contribution is 9.10. The number of rotatable bonds is 6. The summed E-state index contributed by atoms with van der Waals surface area (Å²) in [5.41, 5.74) is 0. The van der Waals surface area contributed by atoms with Crippen LogP contribution in [0.1, 0.15) is 26.7 Å². The third-order valence-electron chi connectivity index (χ3n) is 2.27. The Morgan fingerprint density at radius 3 is 2.27 bits per heavy atom. The zero-order valence-corrected chi connectivity index (χ0v) is 11.0. The number of halogens is 1. The normalized spacial score (nSPS) is 12.3. The Hall–Kier alpha value is -0.580. The van der Waals surface area contributed by atoms with E-state index < -0.39 is 4.83 Å². The Labute approximate surface area is 98.9 Å². The summed E-state index contributed by atoms with van der Waals surface area (Å²) in [6.45, 7) is 4.21. The number of hydrogen-bond donors (Lipinski definition) is 1. The molecule has 88 valence electrons. The van der Waals surface area contributed by atoms with Crippen LogP contribution in [0.3, 0.4) is 0 Å². The molecule has 0 radical (unpaired) electrons. The minimum Gasteiger partial charge on any atom is -0.468 e. The van der Waals surface area contributed by atoms with Crippen LogP contribution in [-0.4, -0.2) is 30.4 Å². The van der Waals surface area contributed by atoms with Gasteiger partial charge >= 0.3 is 5.97 Å². The van der Waals surface area contributed by atoms with Gasteiger partial charge in [-0.05, 0) is 12.8 Å². The highest BCUT2D eigenvalue weighted by Gasteiger charge is 2.18. The lowest BCUT2D eigenvalue weighted by Crippen LogP contribution is -2.37. The van der Waals surface area contributed by atoms with Crippen molar-refractivity contribution >= 4 is 27.8 Å². The van der Waals surface area contributed by atoms with Crippen molar-refractivity contribution in [2.75, 3.05) is 13.7 Å². The van der Waals surface area contributed by atoms with Gasteiger partial charge in [-0.25, -0.2) is 0 Å². The molecular weight excluding hydrogens is 262 g/mol. The molecule has 0 saturated heterocycles. The van der Waals surface area contributed by atoms with Gasteiger partial charge in [0.15, 0.2) is 0 Å². The SMILES string of the molecule is CCC(CC)C(=O)NCC(Br)C(=O)OC. The number of alkyl halides is 1. The second-order valence-electron chi connectivity index (χ2n) is 3.25. The number of amides is 1. The quantitative estimate of drug-likeness (QED) is 0.592. The van der Waals surface area contributed by atoms with Gasteiger partial charge in [-0.3, -0.25) is 9.59 Å². The summed E-state index contributed by atoms with van der Waals surface area (Å²) in [6, 6.07) is 0. The molecule has 0 aromatic rings. The average Bonchev–Trinajstić information content (AvgIpc) is 2.26. The van der Waals surface area contributed by atoms with Crippen LogP contribution >= 0.6 is 15.9 Å². The van der Waals surface area contributed by atoms with Crippen molar-refractivity contribution < 1.29 is 14.3 Å².